The molecule has 1 aromatic rings. The molecular weight excluding hydrogens is 270 g/mol. The van der Waals surface area contributed by atoms with Crippen molar-refractivity contribution in [1.82, 2.24) is 0 Å². The van der Waals surface area contributed by atoms with Gasteiger partial charge in [-0.25, -0.2) is 0 Å². The molecule has 4 nitrogen and oxygen atoms in total. The van der Waals surface area contributed by atoms with Crippen LogP contribution in [0.15, 0.2) is 16.6 Å². The number of fused-ring (bicyclic) bond motifs is 1. The number of benzene rings is 1. The highest BCUT2D eigenvalue weighted by atomic mass is 79.9. The van der Waals surface area contributed by atoms with Gasteiger partial charge >= 0.3 is 0 Å². The van der Waals surface area contributed by atoms with E-state index in [0.29, 0.717) is 12.2 Å². The van der Waals surface area contributed by atoms with E-state index in [1.54, 1.807) is 4.90 Å². The van der Waals surface area contributed by atoms with E-state index in [-0.39, 0.29) is 12.5 Å². The van der Waals surface area contributed by atoms with Gasteiger partial charge in [0.25, 0.3) is 0 Å². The average molecular weight is 284 g/mol. The average Bonchev–Trinajstić information content (AvgIpc) is 2.26. The maximum atomic E-state index is 11.7. The monoisotopic (exact) mass is 283 g/mol. The standard InChI is InChI=1S/C11H14BrN3O/c12-8-4-7-2-1-3-15(10(16)6-13)11(7)9(14)5-8/h4-5H,1-3,6,13-14H2. The molecule has 0 aliphatic carbocycles. The predicted molar refractivity (Wildman–Crippen MR) is 68.3 cm³/mol. The Bertz CT molecular complexity index is 433. The molecule has 16 heavy (non-hydrogen) atoms. The highest BCUT2D eigenvalue weighted by molar-refractivity contribution is 9.10. The number of amides is 1. The van der Waals surface area contributed by atoms with Crippen molar-refractivity contribution in [3.05, 3.63) is 22.2 Å². The minimum Gasteiger partial charge on any atom is -0.397 e. The first-order chi connectivity index (χ1) is 7.63. The number of anilines is 2. The van der Waals surface area contributed by atoms with Crippen molar-refractivity contribution in [3.8, 4) is 0 Å². The molecule has 1 aliphatic rings. The summed E-state index contributed by atoms with van der Waals surface area (Å²) in [6, 6.07) is 3.84. The quantitative estimate of drug-likeness (QED) is 0.763. The van der Waals surface area contributed by atoms with Crippen LogP contribution < -0.4 is 16.4 Å². The van der Waals surface area contributed by atoms with Gasteiger partial charge in [-0.3, -0.25) is 4.79 Å². The molecule has 4 N–H and O–H groups in total. The molecular formula is C11H14BrN3O. The zero-order valence-electron chi connectivity index (χ0n) is 8.87. The van der Waals surface area contributed by atoms with Crippen LogP contribution in [-0.2, 0) is 11.2 Å². The second-order valence-electron chi connectivity index (χ2n) is 3.86. The van der Waals surface area contributed by atoms with Gasteiger partial charge in [-0.05, 0) is 30.5 Å². The molecule has 2 rings (SSSR count). The second-order valence-corrected chi connectivity index (χ2v) is 4.77. The molecule has 0 radical (unpaired) electrons. The van der Waals surface area contributed by atoms with Crippen LogP contribution in [0.2, 0.25) is 0 Å². The molecule has 1 heterocycles. The number of nitrogen functional groups attached to an aromatic ring is 1. The highest BCUT2D eigenvalue weighted by Crippen LogP contribution is 2.35. The number of halogens is 1. The van der Waals surface area contributed by atoms with Crippen LogP contribution in [0.5, 0.6) is 0 Å². The van der Waals surface area contributed by atoms with E-state index < -0.39 is 0 Å². The molecule has 0 spiro atoms. The molecule has 1 aromatic carbocycles. The van der Waals surface area contributed by atoms with Crippen LogP contribution in [0.4, 0.5) is 11.4 Å². The van der Waals surface area contributed by atoms with Gasteiger partial charge in [0.2, 0.25) is 5.91 Å². The lowest BCUT2D eigenvalue weighted by molar-refractivity contribution is -0.117. The number of carbonyl (C=O) groups is 1. The van der Waals surface area contributed by atoms with Crippen LogP contribution in [-0.4, -0.2) is 19.0 Å². The minimum absolute atomic E-state index is 0.0228. The first-order valence-electron chi connectivity index (χ1n) is 5.22. The van der Waals surface area contributed by atoms with Crippen molar-refractivity contribution >= 4 is 33.2 Å². The Balaban J connectivity index is 2.49. The minimum atomic E-state index is -0.0741. The molecule has 1 aliphatic heterocycles. The van der Waals surface area contributed by atoms with E-state index in [4.69, 9.17) is 11.5 Å². The molecule has 1 amide bonds. The molecule has 5 heteroatoms. The number of hydrogen-bond donors (Lipinski definition) is 2. The number of aryl methyl sites for hydroxylation is 1. The Labute approximate surface area is 103 Å². The van der Waals surface area contributed by atoms with Crippen LogP contribution in [0.1, 0.15) is 12.0 Å². The maximum Gasteiger partial charge on any atom is 0.240 e. The fourth-order valence-electron chi connectivity index (χ4n) is 2.10. The van der Waals surface area contributed by atoms with E-state index in [2.05, 4.69) is 15.9 Å². The summed E-state index contributed by atoms with van der Waals surface area (Å²) in [6.45, 7) is 0.726. The van der Waals surface area contributed by atoms with E-state index >= 15 is 0 Å². The zero-order chi connectivity index (χ0) is 11.7. The van der Waals surface area contributed by atoms with Crippen LogP contribution in [0, 0.1) is 0 Å². The van der Waals surface area contributed by atoms with Crippen LogP contribution in [0.3, 0.4) is 0 Å². The third-order valence-corrected chi connectivity index (χ3v) is 3.21. The summed E-state index contributed by atoms with van der Waals surface area (Å²) in [6.07, 6.45) is 1.90. The van der Waals surface area contributed by atoms with Gasteiger partial charge in [-0.15, -0.1) is 0 Å². The molecule has 0 atom stereocenters. The van der Waals surface area contributed by atoms with Gasteiger partial charge < -0.3 is 16.4 Å². The summed E-state index contributed by atoms with van der Waals surface area (Å²) in [7, 11) is 0. The Morgan fingerprint density at radius 3 is 2.94 bits per heavy atom. The number of nitrogens with two attached hydrogens (primary N) is 2. The fourth-order valence-corrected chi connectivity index (χ4v) is 2.62. The molecule has 0 bridgehead atoms. The lowest BCUT2D eigenvalue weighted by Crippen LogP contribution is -2.40. The van der Waals surface area contributed by atoms with Crippen molar-refractivity contribution in [2.75, 3.05) is 23.7 Å². The summed E-state index contributed by atoms with van der Waals surface area (Å²) in [5.41, 5.74) is 13.9. The first-order valence-corrected chi connectivity index (χ1v) is 6.01. The van der Waals surface area contributed by atoms with E-state index in [1.807, 2.05) is 12.1 Å². The molecule has 0 fully saturated rings. The molecule has 0 unspecified atom stereocenters. The molecule has 0 aromatic heterocycles. The highest BCUT2D eigenvalue weighted by Gasteiger charge is 2.24. The summed E-state index contributed by atoms with van der Waals surface area (Å²) < 4.78 is 0.950. The third-order valence-electron chi connectivity index (χ3n) is 2.76. The number of carbonyl (C=O) groups excluding carboxylic acids is 1. The van der Waals surface area contributed by atoms with Crippen molar-refractivity contribution in [2.45, 2.75) is 12.8 Å². The van der Waals surface area contributed by atoms with Crippen molar-refractivity contribution in [2.24, 2.45) is 5.73 Å². The molecule has 0 saturated carbocycles. The van der Waals surface area contributed by atoms with Gasteiger partial charge in [0.05, 0.1) is 17.9 Å². The Kier molecular flexibility index (Phi) is 3.16. The lowest BCUT2D eigenvalue weighted by Gasteiger charge is -2.30. The summed E-state index contributed by atoms with van der Waals surface area (Å²) >= 11 is 3.41. The van der Waals surface area contributed by atoms with Crippen molar-refractivity contribution in [1.29, 1.82) is 0 Å². The van der Waals surface area contributed by atoms with E-state index in [0.717, 1.165) is 28.6 Å². The summed E-state index contributed by atoms with van der Waals surface area (Å²) in [5, 5.41) is 0. The van der Waals surface area contributed by atoms with Crippen LogP contribution >= 0.6 is 15.9 Å². The zero-order valence-corrected chi connectivity index (χ0v) is 10.5. The SMILES string of the molecule is NCC(=O)N1CCCc2cc(Br)cc(N)c21. The van der Waals surface area contributed by atoms with Gasteiger partial charge in [-0.1, -0.05) is 15.9 Å². The number of hydrogen-bond acceptors (Lipinski definition) is 3. The van der Waals surface area contributed by atoms with Gasteiger partial charge in [0, 0.05) is 11.0 Å². The number of nitrogens with zero attached hydrogens (tertiary/aromatic N) is 1. The van der Waals surface area contributed by atoms with E-state index in [1.165, 1.54) is 0 Å². The van der Waals surface area contributed by atoms with Gasteiger partial charge in [0.1, 0.15) is 0 Å². The first kappa shape index (κ1) is 11.4. The summed E-state index contributed by atoms with van der Waals surface area (Å²) in [4.78, 5) is 13.4. The van der Waals surface area contributed by atoms with E-state index in [9.17, 15) is 4.79 Å². The largest absolute Gasteiger partial charge is 0.397 e. The normalized spacial score (nSPS) is 14.8. The molecule has 86 valence electrons. The lowest BCUT2D eigenvalue weighted by atomic mass is 10.0. The Morgan fingerprint density at radius 1 is 1.50 bits per heavy atom. The molecule has 0 saturated heterocycles. The van der Waals surface area contributed by atoms with Gasteiger partial charge in [-0.2, -0.15) is 0 Å². The van der Waals surface area contributed by atoms with Crippen LogP contribution in [0.25, 0.3) is 0 Å². The maximum absolute atomic E-state index is 11.7. The fraction of sp³-hybridized carbons (Fsp3) is 0.364. The number of rotatable bonds is 1. The Hall–Kier alpha value is -1.07. The van der Waals surface area contributed by atoms with Crippen molar-refractivity contribution in [3.63, 3.8) is 0 Å². The second kappa shape index (κ2) is 4.43. The Morgan fingerprint density at radius 2 is 2.25 bits per heavy atom. The summed E-state index contributed by atoms with van der Waals surface area (Å²) in [5.74, 6) is -0.0741. The smallest absolute Gasteiger partial charge is 0.240 e. The van der Waals surface area contributed by atoms with Crippen molar-refractivity contribution < 1.29 is 4.79 Å². The predicted octanol–water partition coefficient (Wildman–Crippen LogP) is 1.27. The topological polar surface area (TPSA) is 72.4 Å². The third kappa shape index (κ3) is 1.92. The van der Waals surface area contributed by atoms with Gasteiger partial charge in [0.15, 0.2) is 0 Å².